The molecule has 0 N–H and O–H groups in total. The Labute approximate surface area is 396 Å². The van der Waals surface area contributed by atoms with Gasteiger partial charge in [0.05, 0.1) is 11.6 Å². The van der Waals surface area contributed by atoms with Gasteiger partial charge in [-0.25, -0.2) is 0 Å². The van der Waals surface area contributed by atoms with Gasteiger partial charge in [0.15, 0.2) is 0 Å². The molecule has 0 saturated carbocycles. The average Bonchev–Trinajstić information content (AvgIpc) is 4.06. The molecule has 0 aliphatic heterocycles. The quantitative estimate of drug-likeness (QED) is 0.147. The maximum Gasteiger partial charge on any atom is 0.0713 e. The molecule has 322 valence electrons. The zero-order valence-corrected chi connectivity index (χ0v) is 37.8. The minimum atomic E-state index is 0.0779. The Morgan fingerprint density at radius 2 is 1.04 bits per heavy atom. The molecule has 2 heteroatoms. The van der Waals surface area contributed by atoms with Gasteiger partial charge in [-0.2, -0.15) is 0 Å². The molecule has 14 rings (SSSR count). The minimum absolute atomic E-state index is 0.0779. The summed E-state index contributed by atoms with van der Waals surface area (Å²) in [4.78, 5) is 0. The molecule has 0 radical (unpaired) electrons. The Balaban J connectivity index is 0.795. The van der Waals surface area contributed by atoms with Crippen LogP contribution in [0.4, 0.5) is 0 Å². The van der Waals surface area contributed by atoms with Crippen molar-refractivity contribution >= 4 is 87.9 Å². The van der Waals surface area contributed by atoms with Crippen LogP contribution in [-0.2, 0) is 6.42 Å². The summed E-state index contributed by atoms with van der Waals surface area (Å²) in [5.74, 6) is 0.375. The zero-order valence-electron chi connectivity index (χ0n) is 37.8. The first-order chi connectivity index (χ1) is 33.7. The van der Waals surface area contributed by atoms with E-state index in [2.05, 4.69) is 240 Å². The molecule has 3 aliphatic rings. The Bertz CT molecular complexity index is 3980. The van der Waals surface area contributed by atoms with Crippen molar-refractivity contribution in [1.82, 2.24) is 9.13 Å². The van der Waals surface area contributed by atoms with Crippen molar-refractivity contribution in [2.24, 2.45) is 0 Å². The molecule has 2 atom stereocenters. The summed E-state index contributed by atoms with van der Waals surface area (Å²) in [6, 6.07) is 69.9. The number of rotatable bonds is 6. The predicted octanol–water partition coefficient (Wildman–Crippen LogP) is 17.5. The lowest BCUT2D eigenvalue weighted by Crippen LogP contribution is -2.06. The summed E-state index contributed by atoms with van der Waals surface area (Å²) >= 11 is 0. The van der Waals surface area contributed by atoms with Crippen LogP contribution in [0.3, 0.4) is 0 Å². The number of benzene rings is 9. The Kier molecular flexibility index (Phi) is 9.02. The molecule has 2 heterocycles. The first-order valence-electron chi connectivity index (χ1n) is 24.3. The molecule has 0 saturated heterocycles. The maximum atomic E-state index is 2.63. The first kappa shape index (κ1) is 39.0. The number of aromatic nitrogens is 2. The average molecular weight is 869 g/mol. The van der Waals surface area contributed by atoms with Gasteiger partial charge in [0.25, 0.3) is 0 Å². The van der Waals surface area contributed by atoms with Crippen LogP contribution in [0.5, 0.6) is 0 Å². The molecule has 0 bridgehead atoms. The standard InChI is InChI=1S/C66H48N2/c1-2-13-43(14-3-1)45-25-27-46(28-26-45)44-15-12-16-51(34-29-44)67-63-23-10-8-21-58(63)61-41-49(32-37-65(61)67)50-33-38-66-62(42-50)59-22-9-11-24-64(59)68(66)52-35-30-47(39-52)48-31-36-57-55-19-5-4-17-53(55)54-18-6-7-20-56(54)60(57)40-48/h1-29,31-32,34,36-37,39-42,47,51H,30,33,35,38H2. The van der Waals surface area contributed by atoms with Crippen LogP contribution in [0.25, 0.3) is 99.1 Å². The lowest BCUT2D eigenvalue weighted by molar-refractivity contribution is 0.782. The van der Waals surface area contributed by atoms with Crippen molar-refractivity contribution in [3.05, 3.63) is 252 Å². The van der Waals surface area contributed by atoms with Gasteiger partial charge in [0.1, 0.15) is 0 Å². The van der Waals surface area contributed by atoms with Gasteiger partial charge in [-0.3, -0.25) is 0 Å². The molecular formula is C66H48N2. The topological polar surface area (TPSA) is 9.86 Å². The fourth-order valence-electron chi connectivity index (χ4n) is 12.1. The summed E-state index contributed by atoms with van der Waals surface area (Å²) in [5, 5.41) is 12.0. The number of hydrogen-bond donors (Lipinski definition) is 0. The Morgan fingerprint density at radius 3 is 1.82 bits per heavy atom. The lowest BCUT2D eigenvalue weighted by Gasteiger charge is -2.19. The van der Waals surface area contributed by atoms with E-state index in [9.17, 15) is 0 Å². The second-order valence-electron chi connectivity index (χ2n) is 19.0. The van der Waals surface area contributed by atoms with E-state index >= 15 is 0 Å². The summed E-state index contributed by atoms with van der Waals surface area (Å²) < 4.78 is 5.15. The van der Waals surface area contributed by atoms with E-state index in [0.717, 1.165) is 25.7 Å². The zero-order chi connectivity index (χ0) is 44.7. The number of nitrogens with zero attached hydrogens (tertiary/aromatic N) is 2. The summed E-state index contributed by atoms with van der Waals surface area (Å²) in [6.45, 7) is 0. The van der Waals surface area contributed by atoms with Gasteiger partial charge < -0.3 is 9.13 Å². The van der Waals surface area contributed by atoms with Crippen LogP contribution >= 0.6 is 0 Å². The largest absolute Gasteiger partial charge is 0.330 e. The van der Waals surface area contributed by atoms with Gasteiger partial charge in [-0.1, -0.05) is 194 Å². The smallest absolute Gasteiger partial charge is 0.0713 e. The third kappa shape index (κ3) is 6.25. The van der Waals surface area contributed by atoms with Crippen LogP contribution in [-0.4, -0.2) is 9.13 Å². The highest BCUT2D eigenvalue weighted by atomic mass is 15.0. The van der Waals surface area contributed by atoms with Crippen molar-refractivity contribution in [3.63, 3.8) is 0 Å². The van der Waals surface area contributed by atoms with Crippen molar-refractivity contribution in [1.29, 1.82) is 0 Å². The number of hydrogen-bond acceptors (Lipinski definition) is 0. The van der Waals surface area contributed by atoms with E-state index in [1.54, 1.807) is 0 Å². The molecule has 3 aliphatic carbocycles. The highest BCUT2D eigenvalue weighted by molar-refractivity contribution is 6.25. The fraction of sp³-hybridized carbons (Fsp3) is 0.0909. The van der Waals surface area contributed by atoms with Crippen LogP contribution in [0.2, 0.25) is 0 Å². The Hall–Kier alpha value is -8.20. The van der Waals surface area contributed by atoms with Gasteiger partial charge in [0, 0.05) is 50.1 Å². The van der Waals surface area contributed by atoms with Gasteiger partial charge in [-0.15, -0.1) is 0 Å². The lowest BCUT2D eigenvalue weighted by atomic mass is 9.90. The molecule has 2 nitrogen and oxygen atoms in total. The molecule has 68 heavy (non-hydrogen) atoms. The molecule has 0 amide bonds. The van der Waals surface area contributed by atoms with Crippen LogP contribution in [0.15, 0.2) is 225 Å². The van der Waals surface area contributed by atoms with Crippen molar-refractivity contribution in [2.45, 2.75) is 37.6 Å². The second kappa shape index (κ2) is 15.7. The monoisotopic (exact) mass is 868 g/mol. The van der Waals surface area contributed by atoms with Crippen LogP contribution in [0.1, 0.15) is 59.2 Å². The molecule has 0 spiro atoms. The van der Waals surface area contributed by atoms with Crippen molar-refractivity contribution in [3.8, 4) is 11.1 Å². The predicted molar refractivity (Wildman–Crippen MR) is 290 cm³/mol. The summed E-state index contributed by atoms with van der Waals surface area (Å²) in [6.07, 6.45) is 20.8. The molecule has 9 aromatic carbocycles. The first-order valence-corrected chi connectivity index (χ1v) is 24.3. The van der Waals surface area contributed by atoms with E-state index < -0.39 is 0 Å². The fourth-order valence-corrected chi connectivity index (χ4v) is 12.1. The highest BCUT2D eigenvalue weighted by Gasteiger charge is 2.27. The molecular weight excluding hydrogens is 821 g/mol. The van der Waals surface area contributed by atoms with Crippen LogP contribution in [0, 0.1) is 0 Å². The van der Waals surface area contributed by atoms with E-state index in [1.807, 2.05) is 0 Å². The van der Waals surface area contributed by atoms with Crippen molar-refractivity contribution in [2.75, 3.05) is 0 Å². The van der Waals surface area contributed by atoms with Gasteiger partial charge in [-0.05, 0) is 133 Å². The van der Waals surface area contributed by atoms with E-state index in [4.69, 9.17) is 0 Å². The van der Waals surface area contributed by atoms with Gasteiger partial charge >= 0.3 is 0 Å². The third-order valence-electron chi connectivity index (χ3n) is 15.3. The minimum Gasteiger partial charge on any atom is -0.330 e. The molecule has 2 aromatic heterocycles. The number of fused-ring (bicyclic) bond motifs is 12. The SMILES string of the molecule is C1=CC(n2c3ccccc3c3cc(C4=Cc5c(n(C6=CC(c7ccc8c9ccccc9c9ccccc9c8c7)CC6)c6ccccc56)CC4)ccc32)C=CC(c2ccc(-c3ccccc3)cc2)=C1. The van der Waals surface area contributed by atoms with E-state index in [-0.39, 0.29) is 6.04 Å². The maximum absolute atomic E-state index is 2.63. The summed E-state index contributed by atoms with van der Waals surface area (Å²) in [7, 11) is 0. The normalized spacial score (nSPS) is 17.0. The third-order valence-corrected chi connectivity index (χ3v) is 15.3. The van der Waals surface area contributed by atoms with Gasteiger partial charge in [0.2, 0.25) is 0 Å². The summed E-state index contributed by atoms with van der Waals surface area (Å²) in [5.41, 5.74) is 17.1. The molecule has 11 aromatic rings. The molecule has 2 unspecified atom stereocenters. The number of allylic oxidation sites excluding steroid dienone is 9. The molecule has 0 fully saturated rings. The Morgan fingerprint density at radius 1 is 0.426 bits per heavy atom. The van der Waals surface area contributed by atoms with Crippen LogP contribution < -0.4 is 0 Å². The van der Waals surface area contributed by atoms with E-state index in [0.29, 0.717) is 5.92 Å². The number of para-hydroxylation sites is 2. The van der Waals surface area contributed by atoms with E-state index in [1.165, 1.54) is 121 Å². The highest BCUT2D eigenvalue weighted by Crippen LogP contribution is 2.45. The van der Waals surface area contributed by atoms with Crippen molar-refractivity contribution < 1.29 is 0 Å². The second-order valence-corrected chi connectivity index (χ2v) is 19.0.